The number of pyridine rings is 1. The van der Waals surface area contributed by atoms with E-state index in [1.807, 2.05) is 47.1 Å². The van der Waals surface area contributed by atoms with Crippen LogP contribution in [-0.2, 0) is 17.9 Å². The van der Waals surface area contributed by atoms with Crippen molar-refractivity contribution in [3.63, 3.8) is 0 Å². The zero-order valence-electron chi connectivity index (χ0n) is 13.8. The molecule has 130 valence electrons. The van der Waals surface area contributed by atoms with Crippen molar-refractivity contribution in [1.29, 1.82) is 0 Å². The molecule has 4 aromatic rings. The molecule has 3 aromatic heterocycles. The highest BCUT2D eigenvalue weighted by molar-refractivity contribution is 5.90. The van der Waals surface area contributed by atoms with E-state index in [-0.39, 0.29) is 12.5 Å². The van der Waals surface area contributed by atoms with Gasteiger partial charge in [-0.2, -0.15) is 5.10 Å². The first-order valence-corrected chi connectivity index (χ1v) is 8.04. The van der Waals surface area contributed by atoms with Gasteiger partial charge in [-0.1, -0.05) is 12.1 Å². The van der Waals surface area contributed by atoms with Crippen LogP contribution in [0.1, 0.15) is 5.69 Å². The first kappa shape index (κ1) is 15.8. The molecule has 4 rings (SSSR count). The molecule has 26 heavy (non-hydrogen) atoms. The number of hydrogen-bond donors (Lipinski definition) is 1. The number of carbonyl (C=O) groups excluding carboxylic acids is 1. The highest BCUT2D eigenvalue weighted by atomic mass is 16.5. The predicted molar refractivity (Wildman–Crippen MR) is 94.6 cm³/mol. The average Bonchev–Trinajstić information content (AvgIpc) is 3.29. The van der Waals surface area contributed by atoms with Gasteiger partial charge in [0, 0.05) is 24.1 Å². The molecule has 0 unspecified atom stereocenters. The molecule has 0 bridgehead atoms. The lowest BCUT2D eigenvalue weighted by Gasteiger charge is -2.08. The van der Waals surface area contributed by atoms with Crippen LogP contribution in [-0.4, -0.2) is 30.1 Å². The fraction of sp³-hybridized carbons (Fsp3) is 0.111. The van der Waals surface area contributed by atoms with Crippen molar-refractivity contribution in [2.45, 2.75) is 13.2 Å². The first-order chi connectivity index (χ1) is 12.8. The molecule has 0 aliphatic rings. The van der Waals surface area contributed by atoms with Gasteiger partial charge >= 0.3 is 0 Å². The molecule has 0 spiro atoms. The normalized spacial score (nSPS) is 10.8. The molecule has 8 heteroatoms. The van der Waals surface area contributed by atoms with Crippen LogP contribution in [0.25, 0.3) is 5.65 Å². The van der Waals surface area contributed by atoms with Gasteiger partial charge in [0.2, 0.25) is 5.91 Å². The van der Waals surface area contributed by atoms with E-state index in [0.29, 0.717) is 18.0 Å². The molecular weight excluding hydrogens is 332 g/mol. The van der Waals surface area contributed by atoms with Gasteiger partial charge in [-0.05, 0) is 24.3 Å². The van der Waals surface area contributed by atoms with Crippen LogP contribution in [0, 0.1) is 0 Å². The number of benzene rings is 1. The lowest BCUT2D eigenvalue weighted by atomic mass is 10.3. The van der Waals surface area contributed by atoms with Crippen LogP contribution in [0.4, 0.5) is 5.69 Å². The summed E-state index contributed by atoms with van der Waals surface area (Å²) in [6.45, 7) is 0.449. The summed E-state index contributed by atoms with van der Waals surface area (Å²) in [5.74, 6) is 0.466. The van der Waals surface area contributed by atoms with Crippen LogP contribution in [0.5, 0.6) is 5.75 Å². The quantitative estimate of drug-likeness (QED) is 0.577. The maximum absolute atomic E-state index is 12.0. The van der Waals surface area contributed by atoms with Crippen molar-refractivity contribution in [2.75, 3.05) is 5.32 Å². The Morgan fingerprint density at radius 1 is 1.19 bits per heavy atom. The highest BCUT2D eigenvalue weighted by Crippen LogP contribution is 2.18. The first-order valence-electron chi connectivity index (χ1n) is 8.04. The Kier molecular flexibility index (Phi) is 4.29. The van der Waals surface area contributed by atoms with E-state index >= 15 is 0 Å². The number of aromatic nitrogens is 5. The maximum Gasteiger partial charge on any atom is 0.246 e. The maximum atomic E-state index is 12.0. The smallest absolute Gasteiger partial charge is 0.246 e. The summed E-state index contributed by atoms with van der Waals surface area (Å²) in [7, 11) is 0. The second-order valence-electron chi connectivity index (χ2n) is 5.66. The summed E-state index contributed by atoms with van der Waals surface area (Å²) < 4.78 is 9.20. The fourth-order valence-corrected chi connectivity index (χ4v) is 2.54. The minimum absolute atomic E-state index is 0.104. The molecule has 0 aliphatic carbocycles. The second-order valence-corrected chi connectivity index (χ2v) is 5.66. The fourth-order valence-electron chi connectivity index (χ4n) is 2.54. The van der Waals surface area contributed by atoms with E-state index in [4.69, 9.17) is 4.74 Å². The second kappa shape index (κ2) is 7.06. The van der Waals surface area contributed by atoms with Crippen molar-refractivity contribution in [3.05, 3.63) is 73.2 Å². The third kappa shape index (κ3) is 3.69. The zero-order valence-corrected chi connectivity index (χ0v) is 13.8. The number of ether oxygens (including phenoxy) is 1. The van der Waals surface area contributed by atoms with Crippen molar-refractivity contribution in [3.8, 4) is 5.75 Å². The number of carbonyl (C=O) groups is 1. The van der Waals surface area contributed by atoms with Crippen LogP contribution >= 0.6 is 0 Å². The van der Waals surface area contributed by atoms with Crippen LogP contribution in [0.2, 0.25) is 0 Å². The summed E-state index contributed by atoms with van der Waals surface area (Å²) in [6, 6.07) is 13.1. The molecule has 0 atom stereocenters. The minimum Gasteiger partial charge on any atom is -0.487 e. The Morgan fingerprint density at radius 3 is 3.00 bits per heavy atom. The van der Waals surface area contributed by atoms with Crippen molar-refractivity contribution in [1.82, 2.24) is 24.1 Å². The molecule has 0 radical (unpaired) electrons. The lowest BCUT2D eigenvalue weighted by Crippen LogP contribution is -2.19. The SMILES string of the molecule is O=C(Cn1cncn1)Nc1cccc(OCc2cn3ccccc3n2)c1. The predicted octanol–water partition coefficient (Wildman–Crippen LogP) is 2.14. The molecule has 3 heterocycles. The van der Waals surface area contributed by atoms with E-state index in [0.717, 1.165) is 11.3 Å². The molecule has 0 saturated heterocycles. The van der Waals surface area contributed by atoms with Gasteiger partial charge in [0.25, 0.3) is 0 Å². The van der Waals surface area contributed by atoms with Crippen molar-refractivity contribution in [2.24, 2.45) is 0 Å². The largest absolute Gasteiger partial charge is 0.487 e. The molecule has 1 amide bonds. The molecule has 8 nitrogen and oxygen atoms in total. The van der Waals surface area contributed by atoms with E-state index in [1.165, 1.54) is 17.3 Å². The van der Waals surface area contributed by atoms with Gasteiger partial charge in [-0.3, -0.25) is 4.79 Å². The lowest BCUT2D eigenvalue weighted by molar-refractivity contribution is -0.116. The van der Waals surface area contributed by atoms with Crippen molar-refractivity contribution >= 4 is 17.2 Å². The molecule has 0 aliphatic heterocycles. The number of nitrogens with one attached hydrogen (secondary N) is 1. The number of amides is 1. The molecule has 0 fully saturated rings. The van der Waals surface area contributed by atoms with Crippen LogP contribution < -0.4 is 10.1 Å². The van der Waals surface area contributed by atoms with E-state index in [1.54, 1.807) is 12.1 Å². The minimum atomic E-state index is -0.187. The van der Waals surface area contributed by atoms with Gasteiger partial charge in [0.05, 0.1) is 5.69 Å². The number of nitrogens with zero attached hydrogens (tertiary/aromatic N) is 5. The Balaban J connectivity index is 1.38. The van der Waals surface area contributed by atoms with Crippen LogP contribution in [0.3, 0.4) is 0 Å². The zero-order chi connectivity index (χ0) is 17.8. The Bertz CT molecular complexity index is 992. The highest BCUT2D eigenvalue weighted by Gasteiger charge is 2.06. The molecule has 1 aromatic carbocycles. The third-order valence-electron chi connectivity index (χ3n) is 3.69. The van der Waals surface area contributed by atoms with Gasteiger partial charge in [0.15, 0.2) is 0 Å². The number of anilines is 1. The van der Waals surface area contributed by atoms with Gasteiger partial charge in [-0.25, -0.2) is 14.6 Å². The number of rotatable bonds is 6. The summed E-state index contributed by atoms with van der Waals surface area (Å²) in [5, 5.41) is 6.72. The number of imidazole rings is 1. The molecular formula is C18H16N6O2. The monoisotopic (exact) mass is 348 g/mol. The standard InChI is InChI=1S/C18H16N6O2/c25-18(10-24-13-19-12-20-24)22-14-4-3-5-16(8-14)26-11-15-9-23-7-2-1-6-17(23)21-15/h1-9,12-13H,10-11H2,(H,22,25). The van der Waals surface area contributed by atoms with Gasteiger partial charge in [0.1, 0.15) is 37.2 Å². The number of fused-ring (bicyclic) bond motifs is 1. The van der Waals surface area contributed by atoms with Crippen molar-refractivity contribution < 1.29 is 9.53 Å². The van der Waals surface area contributed by atoms with Gasteiger partial charge in [-0.15, -0.1) is 0 Å². The summed E-state index contributed by atoms with van der Waals surface area (Å²) in [6.07, 6.45) is 6.76. The summed E-state index contributed by atoms with van der Waals surface area (Å²) in [5.41, 5.74) is 2.36. The van der Waals surface area contributed by atoms with E-state index in [2.05, 4.69) is 20.4 Å². The summed E-state index contributed by atoms with van der Waals surface area (Å²) >= 11 is 0. The molecule has 1 N–H and O–H groups in total. The third-order valence-corrected chi connectivity index (χ3v) is 3.69. The Hall–Kier alpha value is -3.68. The Morgan fingerprint density at radius 2 is 2.15 bits per heavy atom. The Labute approximate surface area is 149 Å². The summed E-state index contributed by atoms with van der Waals surface area (Å²) in [4.78, 5) is 20.3. The van der Waals surface area contributed by atoms with Crippen LogP contribution in [0.15, 0.2) is 67.5 Å². The molecule has 0 saturated carbocycles. The average molecular weight is 348 g/mol. The van der Waals surface area contributed by atoms with E-state index in [9.17, 15) is 4.79 Å². The van der Waals surface area contributed by atoms with Gasteiger partial charge < -0.3 is 14.5 Å². The van der Waals surface area contributed by atoms with E-state index < -0.39 is 0 Å². The number of hydrogen-bond acceptors (Lipinski definition) is 5. The topological polar surface area (TPSA) is 86.3 Å².